The van der Waals surface area contributed by atoms with Crippen molar-refractivity contribution in [2.45, 2.75) is 37.8 Å². The molecular formula is C60H46N2O2. The minimum atomic E-state index is -0.0958. The van der Waals surface area contributed by atoms with Gasteiger partial charge in [-0.2, -0.15) is 0 Å². The number of hydrogen-bond acceptors (Lipinski definition) is 4. The topological polar surface area (TPSA) is 65.2 Å². The summed E-state index contributed by atoms with van der Waals surface area (Å²) >= 11 is 0. The Morgan fingerprint density at radius 3 is 1.11 bits per heavy atom. The zero-order chi connectivity index (χ0) is 43.0. The second kappa shape index (κ2) is 16.8. The van der Waals surface area contributed by atoms with Crippen molar-refractivity contribution in [3.05, 3.63) is 205 Å². The van der Waals surface area contributed by atoms with Crippen LogP contribution in [-0.2, 0) is 0 Å². The highest BCUT2D eigenvalue weighted by atomic mass is 16.3. The maximum absolute atomic E-state index is 12.5. The number of aromatic hydroxyl groups is 2. The van der Waals surface area contributed by atoms with Gasteiger partial charge in [-0.1, -0.05) is 195 Å². The minimum Gasteiger partial charge on any atom is -0.507 e. The first-order valence-electron chi connectivity index (χ1n) is 22.3. The van der Waals surface area contributed by atoms with Gasteiger partial charge in [0.05, 0.1) is 12.1 Å². The van der Waals surface area contributed by atoms with E-state index in [4.69, 9.17) is 9.98 Å². The van der Waals surface area contributed by atoms with Gasteiger partial charge in [0.2, 0.25) is 0 Å². The maximum atomic E-state index is 12.5. The number of benzene rings is 10. The van der Waals surface area contributed by atoms with Gasteiger partial charge in [0.15, 0.2) is 0 Å². The molecule has 10 aromatic carbocycles. The second-order valence-corrected chi connectivity index (χ2v) is 16.9. The van der Waals surface area contributed by atoms with Crippen molar-refractivity contribution in [2.75, 3.05) is 0 Å². The first kappa shape index (κ1) is 39.1. The van der Waals surface area contributed by atoms with Crippen LogP contribution in [0.5, 0.6) is 11.5 Å². The predicted octanol–water partition coefficient (Wildman–Crippen LogP) is 15.2. The largest absolute Gasteiger partial charge is 0.507 e. The van der Waals surface area contributed by atoms with E-state index in [0.717, 1.165) is 113 Å². The van der Waals surface area contributed by atoms with Crippen LogP contribution in [0.15, 0.2) is 204 Å². The monoisotopic (exact) mass is 826 g/mol. The van der Waals surface area contributed by atoms with Gasteiger partial charge in [-0.15, -0.1) is 0 Å². The predicted molar refractivity (Wildman–Crippen MR) is 269 cm³/mol. The molecule has 2 N–H and O–H groups in total. The summed E-state index contributed by atoms with van der Waals surface area (Å²) in [5, 5.41) is 33.4. The lowest BCUT2D eigenvalue weighted by Crippen LogP contribution is -2.27. The smallest absolute Gasteiger partial charge is 0.132 e. The van der Waals surface area contributed by atoms with E-state index in [-0.39, 0.29) is 23.6 Å². The van der Waals surface area contributed by atoms with Gasteiger partial charge >= 0.3 is 0 Å². The van der Waals surface area contributed by atoms with Gasteiger partial charge < -0.3 is 10.2 Å². The Balaban J connectivity index is 1.00. The molecule has 11 rings (SSSR count). The first-order chi connectivity index (χ1) is 31.6. The van der Waals surface area contributed by atoms with Gasteiger partial charge in [0.25, 0.3) is 0 Å². The Morgan fingerprint density at radius 2 is 0.703 bits per heavy atom. The van der Waals surface area contributed by atoms with E-state index in [9.17, 15) is 10.2 Å². The van der Waals surface area contributed by atoms with Gasteiger partial charge in [-0.05, 0) is 90.3 Å². The van der Waals surface area contributed by atoms with Crippen molar-refractivity contribution < 1.29 is 10.2 Å². The normalized spacial score (nSPS) is 15.6. The minimum absolute atomic E-state index is 0.0958. The summed E-state index contributed by atoms with van der Waals surface area (Å²) in [7, 11) is 0. The molecule has 0 amide bonds. The molecule has 10 aromatic rings. The van der Waals surface area contributed by atoms with Crippen molar-refractivity contribution in [1.29, 1.82) is 0 Å². The molecule has 1 unspecified atom stereocenters. The lowest BCUT2D eigenvalue weighted by molar-refractivity contribution is 0.390. The van der Waals surface area contributed by atoms with E-state index < -0.39 is 0 Å². The Kier molecular flexibility index (Phi) is 10.3. The molecule has 1 aliphatic carbocycles. The zero-order valence-corrected chi connectivity index (χ0v) is 35.4. The van der Waals surface area contributed by atoms with Crippen molar-refractivity contribution in [3.8, 4) is 56.0 Å². The van der Waals surface area contributed by atoms with Crippen LogP contribution < -0.4 is 0 Å². The van der Waals surface area contributed by atoms with Crippen LogP contribution in [0.3, 0.4) is 0 Å². The lowest BCUT2D eigenvalue weighted by Gasteiger charge is -2.26. The number of hydrogen-bond donors (Lipinski definition) is 2. The lowest BCUT2D eigenvalue weighted by atomic mass is 9.86. The molecule has 4 heteroatoms. The highest BCUT2D eigenvalue weighted by molar-refractivity contribution is 6.16. The van der Waals surface area contributed by atoms with Crippen LogP contribution >= 0.6 is 0 Å². The van der Waals surface area contributed by atoms with Gasteiger partial charge in [0.1, 0.15) is 11.5 Å². The van der Waals surface area contributed by atoms with E-state index >= 15 is 0 Å². The molecule has 0 spiro atoms. The standard InChI is InChI=1S/C60H46N2O2/c63-59-45(35-43-23-9-13-27-49(43)57(59)55-47-25-11-7-21-41(47)31-33-51(55)39-17-3-1-4-18-39)37-61-53-29-15-16-30-54(53)62-38-46-36-44-24-10-14-28-50(44)58(60(46)64)56-48-26-12-8-22-42(48)32-34-52(56)40-19-5-2-6-20-40/h1-14,17-28,31-38,53-54,63-64H,15-16,29-30H2/t53-,54?/m0/s1. The third-order valence-corrected chi connectivity index (χ3v) is 13.1. The maximum Gasteiger partial charge on any atom is 0.132 e. The van der Waals surface area contributed by atoms with Gasteiger partial charge in [-0.3, -0.25) is 9.98 Å². The Labute approximate surface area is 373 Å². The molecular weight excluding hydrogens is 781 g/mol. The molecule has 1 saturated carbocycles. The van der Waals surface area contributed by atoms with Crippen molar-refractivity contribution in [1.82, 2.24) is 0 Å². The number of aliphatic imine (C=N–C) groups is 2. The van der Waals surface area contributed by atoms with Crippen LogP contribution in [0, 0.1) is 0 Å². The third kappa shape index (κ3) is 7.07. The molecule has 0 aromatic heterocycles. The van der Waals surface area contributed by atoms with Crippen molar-refractivity contribution in [2.24, 2.45) is 9.98 Å². The Morgan fingerprint density at radius 1 is 0.359 bits per heavy atom. The molecule has 2 atom stereocenters. The fourth-order valence-corrected chi connectivity index (χ4v) is 10.0. The van der Waals surface area contributed by atoms with Crippen molar-refractivity contribution in [3.63, 3.8) is 0 Å². The van der Waals surface area contributed by atoms with Crippen LogP contribution in [0.2, 0.25) is 0 Å². The van der Waals surface area contributed by atoms with E-state index in [1.807, 2.05) is 48.8 Å². The summed E-state index contributed by atoms with van der Waals surface area (Å²) in [5.41, 5.74) is 9.27. The Bertz CT molecular complexity index is 3200. The number of nitrogens with zero attached hydrogens (tertiary/aromatic N) is 2. The molecule has 0 saturated heterocycles. The molecule has 0 aliphatic heterocycles. The average molecular weight is 827 g/mol. The number of rotatable bonds is 8. The summed E-state index contributed by atoms with van der Waals surface area (Å²) in [6.45, 7) is 0. The molecule has 308 valence electrons. The summed E-state index contributed by atoms with van der Waals surface area (Å²) in [4.78, 5) is 10.5. The van der Waals surface area contributed by atoms with Gasteiger partial charge in [-0.25, -0.2) is 0 Å². The molecule has 0 radical (unpaired) electrons. The van der Waals surface area contributed by atoms with E-state index in [1.165, 1.54) is 0 Å². The molecule has 1 aliphatic rings. The number of phenols is 2. The zero-order valence-electron chi connectivity index (χ0n) is 35.4. The summed E-state index contributed by atoms with van der Waals surface area (Å²) in [5.74, 6) is 0.424. The number of phenolic OH excluding ortho intramolecular Hbond substituents is 2. The van der Waals surface area contributed by atoms with Gasteiger partial charge in [0, 0.05) is 45.8 Å². The summed E-state index contributed by atoms with van der Waals surface area (Å²) in [6, 6.07) is 66.9. The number of fused-ring (bicyclic) bond motifs is 4. The van der Waals surface area contributed by atoms with E-state index in [0.29, 0.717) is 11.1 Å². The summed E-state index contributed by atoms with van der Waals surface area (Å²) < 4.78 is 0. The highest BCUT2D eigenvalue weighted by Crippen LogP contribution is 2.48. The molecule has 4 nitrogen and oxygen atoms in total. The Hall–Kier alpha value is -7.82. The highest BCUT2D eigenvalue weighted by Gasteiger charge is 2.26. The van der Waals surface area contributed by atoms with Crippen molar-refractivity contribution >= 4 is 55.5 Å². The molecule has 64 heavy (non-hydrogen) atoms. The summed E-state index contributed by atoms with van der Waals surface area (Å²) in [6.07, 6.45) is 7.60. The van der Waals surface area contributed by atoms with Crippen LogP contribution in [-0.4, -0.2) is 34.7 Å². The quantitative estimate of drug-likeness (QED) is 0.150. The fraction of sp³-hybridized carbons (Fsp3) is 0.100. The SMILES string of the molecule is Oc1c(C=NC2CCCC[C@@H]2N=Cc2cc3ccccc3c(-c3c(-c4ccccc4)ccc4ccccc34)c2O)cc2ccccc2c1-c1c(-c2ccccc2)ccc2ccccc12. The molecule has 1 fully saturated rings. The molecule has 0 heterocycles. The van der Waals surface area contributed by atoms with E-state index in [2.05, 4.69) is 158 Å². The second-order valence-electron chi connectivity index (χ2n) is 16.9. The molecule has 0 bridgehead atoms. The van der Waals surface area contributed by atoms with Crippen LogP contribution in [0.25, 0.3) is 87.6 Å². The average Bonchev–Trinajstić information content (AvgIpc) is 3.35. The third-order valence-electron chi connectivity index (χ3n) is 13.1. The van der Waals surface area contributed by atoms with E-state index in [1.54, 1.807) is 0 Å². The first-order valence-corrected chi connectivity index (χ1v) is 22.3. The fourth-order valence-electron chi connectivity index (χ4n) is 10.0. The van der Waals surface area contributed by atoms with Crippen LogP contribution in [0.4, 0.5) is 0 Å². The van der Waals surface area contributed by atoms with Crippen LogP contribution in [0.1, 0.15) is 36.8 Å².